The molecule has 2 atom stereocenters. The number of carboxylic acids is 1. The monoisotopic (exact) mass is 349 g/mol. The standard InChI is InChI=1S/C15H27NO6S/c1-10(2)12(13(17)16-9-15(3,20)14(18)19)23(21,22)11-7-5-4-6-8-11/h10-12,20H,4-9H2,1-3H3,(H,16,17)(H,18,19). The predicted octanol–water partition coefficient (Wildman–Crippen LogP) is 0.710. The maximum absolute atomic E-state index is 12.8. The Morgan fingerprint density at radius 3 is 2.17 bits per heavy atom. The molecule has 2 unspecified atom stereocenters. The predicted molar refractivity (Wildman–Crippen MR) is 85.7 cm³/mol. The molecule has 0 heterocycles. The van der Waals surface area contributed by atoms with E-state index in [1.54, 1.807) is 13.8 Å². The summed E-state index contributed by atoms with van der Waals surface area (Å²) in [6.45, 7) is 3.82. The number of rotatable bonds is 7. The van der Waals surface area contributed by atoms with E-state index < -0.39 is 50.3 Å². The minimum atomic E-state index is -3.65. The van der Waals surface area contributed by atoms with Gasteiger partial charge in [0, 0.05) is 0 Å². The number of sulfone groups is 1. The molecule has 7 nitrogen and oxygen atoms in total. The van der Waals surface area contributed by atoms with Gasteiger partial charge in [0.1, 0.15) is 5.25 Å². The summed E-state index contributed by atoms with van der Waals surface area (Å²) in [6.07, 6.45) is 3.80. The lowest BCUT2D eigenvalue weighted by atomic mass is 10.0. The molecular weight excluding hydrogens is 322 g/mol. The number of carbonyl (C=O) groups is 2. The maximum atomic E-state index is 12.8. The van der Waals surface area contributed by atoms with Crippen molar-refractivity contribution in [2.75, 3.05) is 6.54 Å². The first-order chi connectivity index (χ1) is 10.5. The Bertz CT molecular complexity index is 534. The zero-order valence-corrected chi connectivity index (χ0v) is 14.7. The first-order valence-corrected chi connectivity index (χ1v) is 9.57. The van der Waals surface area contributed by atoms with Crippen LogP contribution in [0.1, 0.15) is 52.9 Å². The number of amides is 1. The van der Waals surface area contributed by atoms with E-state index in [1.165, 1.54) is 0 Å². The first kappa shape index (κ1) is 19.9. The summed E-state index contributed by atoms with van der Waals surface area (Å²) in [5.74, 6) is -2.65. The topological polar surface area (TPSA) is 121 Å². The largest absolute Gasteiger partial charge is 0.479 e. The fraction of sp³-hybridized carbons (Fsp3) is 0.867. The van der Waals surface area contributed by atoms with Crippen LogP contribution in [0, 0.1) is 5.92 Å². The van der Waals surface area contributed by atoms with Crippen LogP contribution >= 0.6 is 0 Å². The zero-order valence-electron chi connectivity index (χ0n) is 13.9. The first-order valence-electron chi connectivity index (χ1n) is 7.96. The van der Waals surface area contributed by atoms with E-state index in [0.29, 0.717) is 12.8 Å². The minimum Gasteiger partial charge on any atom is -0.479 e. The lowest BCUT2D eigenvalue weighted by molar-refractivity contribution is -0.156. The normalized spacial score (nSPS) is 20.7. The molecule has 1 rings (SSSR count). The fourth-order valence-corrected chi connectivity index (χ4v) is 5.41. The van der Waals surface area contributed by atoms with Crippen molar-refractivity contribution in [3.05, 3.63) is 0 Å². The summed E-state index contributed by atoms with van der Waals surface area (Å²) in [6, 6.07) is 0. The zero-order chi connectivity index (χ0) is 17.8. The third-order valence-electron chi connectivity index (χ3n) is 4.30. The van der Waals surface area contributed by atoms with Crippen LogP contribution in [0.4, 0.5) is 0 Å². The van der Waals surface area contributed by atoms with Crippen LogP contribution in [0.15, 0.2) is 0 Å². The average molecular weight is 349 g/mol. The highest BCUT2D eigenvalue weighted by atomic mass is 32.2. The van der Waals surface area contributed by atoms with Crippen LogP contribution < -0.4 is 5.32 Å². The van der Waals surface area contributed by atoms with Crippen molar-refractivity contribution in [2.45, 2.75) is 69.0 Å². The van der Waals surface area contributed by atoms with Gasteiger partial charge in [-0.05, 0) is 25.7 Å². The summed E-state index contributed by atoms with van der Waals surface area (Å²) < 4.78 is 25.6. The molecular formula is C15H27NO6S. The van der Waals surface area contributed by atoms with Gasteiger partial charge in [-0.25, -0.2) is 13.2 Å². The van der Waals surface area contributed by atoms with Crippen molar-refractivity contribution in [1.82, 2.24) is 5.32 Å². The summed E-state index contributed by atoms with van der Waals surface area (Å²) in [5.41, 5.74) is -2.13. The fourth-order valence-electron chi connectivity index (χ4n) is 2.87. The van der Waals surface area contributed by atoms with Gasteiger partial charge in [0.25, 0.3) is 0 Å². The van der Waals surface area contributed by atoms with Crippen LogP contribution in [-0.2, 0) is 19.4 Å². The minimum absolute atomic E-state index is 0.434. The molecule has 0 radical (unpaired) electrons. The van der Waals surface area contributed by atoms with Crippen molar-refractivity contribution < 1.29 is 28.2 Å². The van der Waals surface area contributed by atoms with Crippen molar-refractivity contribution in [3.63, 3.8) is 0 Å². The highest BCUT2D eigenvalue weighted by Gasteiger charge is 2.42. The Kier molecular flexibility index (Phi) is 6.59. The second-order valence-electron chi connectivity index (χ2n) is 6.81. The number of carbonyl (C=O) groups excluding carboxylic acids is 1. The number of hydrogen-bond acceptors (Lipinski definition) is 5. The molecule has 0 spiro atoms. The molecule has 3 N–H and O–H groups in total. The van der Waals surface area contributed by atoms with Crippen LogP contribution in [0.3, 0.4) is 0 Å². The van der Waals surface area contributed by atoms with Gasteiger partial charge >= 0.3 is 5.97 Å². The van der Waals surface area contributed by atoms with Gasteiger partial charge in [-0.1, -0.05) is 33.1 Å². The third-order valence-corrected chi connectivity index (χ3v) is 7.17. The van der Waals surface area contributed by atoms with E-state index in [4.69, 9.17) is 5.11 Å². The molecule has 1 aliphatic rings. The second kappa shape index (κ2) is 7.61. The van der Waals surface area contributed by atoms with Crippen LogP contribution in [-0.4, -0.2) is 53.2 Å². The lowest BCUT2D eigenvalue weighted by Gasteiger charge is -2.29. The van der Waals surface area contributed by atoms with Gasteiger partial charge in [-0.2, -0.15) is 0 Å². The molecule has 0 aromatic rings. The molecule has 0 saturated heterocycles. The summed E-state index contributed by atoms with van der Waals surface area (Å²) >= 11 is 0. The number of carboxylic acid groups (broad SMARTS) is 1. The van der Waals surface area contributed by atoms with Crippen molar-refractivity contribution in [1.29, 1.82) is 0 Å². The SMILES string of the molecule is CC(C)C(C(=O)NCC(C)(O)C(=O)O)S(=O)(=O)C1CCCCC1. The Morgan fingerprint density at radius 2 is 1.74 bits per heavy atom. The Hall–Kier alpha value is -1.15. The van der Waals surface area contributed by atoms with E-state index in [1.807, 2.05) is 0 Å². The Labute approximate surface area is 137 Å². The molecule has 1 saturated carbocycles. The summed E-state index contributed by atoms with van der Waals surface area (Å²) in [5, 5.41) is 19.0. The lowest BCUT2D eigenvalue weighted by Crippen LogP contribution is -2.52. The van der Waals surface area contributed by atoms with E-state index in [0.717, 1.165) is 26.2 Å². The molecule has 134 valence electrons. The number of aliphatic carboxylic acids is 1. The molecule has 0 aromatic carbocycles. The van der Waals surface area contributed by atoms with Gasteiger partial charge in [0.15, 0.2) is 15.4 Å². The van der Waals surface area contributed by atoms with Crippen molar-refractivity contribution in [3.8, 4) is 0 Å². The maximum Gasteiger partial charge on any atom is 0.337 e. The van der Waals surface area contributed by atoms with Gasteiger partial charge < -0.3 is 15.5 Å². The molecule has 8 heteroatoms. The second-order valence-corrected chi connectivity index (χ2v) is 9.16. The van der Waals surface area contributed by atoms with Crippen molar-refractivity contribution in [2.24, 2.45) is 5.92 Å². The molecule has 0 aliphatic heterocycles. The van der Waals surface area contributed by atoms with Gasteiger partial charge in [0.2, 0.25) is 5.91 Å². The number of hydrogen-bond donors (Lipinski definition) is 3. The van der Waals surface area contributed by atoms with E-state index in [2.05, 4.69) is 5.32 Å². The van der Waals surface area contributed by atoms with Gasteiger partial charge in [-0.3, -0.25) is 4.79 Å². The van der Waals surface area contributed by atoms with Crippen LogP contribution in [0.5, 0.6) is 0 Å². The molecule has 0 bridgehead atoms. The smallest absolute Gasteiger partial charge is 0.337 e. The average Bonchev–Trinajstić information content (AvgIpc) is 2.45. The Balaban J connectivity index is 2.89. The van der Waals surface area contributed by atoms with E-state index in [9.17, 15) is 23.1 Å². The quantitative estimate of drug-likeness (QED) is 0.622. The third kappa shape index (κ3) is 4.91. The Morgan fingerprint density at radius 1 is 1.22 bits per heavy atom. The molecule has 1 fully saturated rings. The number of nitrogens with one attached hydrogen (secondary N) is 1. The number of aliphatic hydroxyl groups is 1. The van der Waals surface area contributed by atoms with Crippen LogP contribution in [0.25, 0.3) is 0 Å². The molecule has 0 aromatic heterocycles. The van der Waals surface area contributed by atoms with Crippen molar-refractivity contribution >= 4 is 21.7 Å². The molecule has 1 amide bonds. The van der Waals surface area contributed by atoms with E-state index in [-0.39, 0.29) is 0 Å². The molecule has 23 heavy (non-hydrogen) atoms. The molecule has 1 aliphatic carbocycles. The highest BCUT2D eigenvalue weighted by Crippen LogP contribution is 2.29. The highest BCUT2D eigenvalue weighted by molar-refractivity contribution is 7.93. The van der Waals surface area contributed by atoms with E-state index >= 15 is 0 Å². The summed E-state index contributed by atoms with van der Waals surface area (Å²) in [4.78, 5) is 23.2. The van der Waals surface area contributed by atoms with Gasteiger partial charge in [-0.15, -0.1) is 0 Å². The van der Waals surface area contributed by atoms with Crippen LogP contribution in [0.2, 0.25) is 0 Å². The van der Waals surface area contributed by atoms with Gasteiger partial charge in [0.05, 0.1) is 11.8 Å². The summed E-state index contributed by atoms with van der Waals surface area (Å²) in [7, 11) is -3.65.